The Morgan fingerprint density at radius 1 is 1.33 bits per heavy atom. The first-order valence-electron chi connectivity index (χ1n) is 5.48. The normalized spacial score (nSPS) is 20.5. The number of hydrogen-bond acceptors (Lipinski definition) is 1. The van der Waals surface area contributed by atoms with Gasteiger partial charge in [-0.2, -0.15) is 0 Å². The van der Waals surface area contributed by atoms with Crippen molar-refractivity contribution < 1.29 is 9.13 Å². The van der Waals surface area contributed by atoms with Gasteiger partial charge in [-0.25, -0.2) is 4.39 Å². The van der Waals surface area contributed by atoms with Crippen LogP contribution >= 0.6 is 0 Å². The van der Waals surface area contributed by atoms with Crippen molar-refractivity contribution in [2.45, 2.75) is 37.8 Å². The first-order valence-corrected chi connectivity index (χ1v) is 5.48. The van der Waals surface area contributed by atoms with Crippen molar-refractivity contribution in [1.82, 2.24) is 0 Å². The maximum atomic E-state index is 13.7. The maximum Gasteiger partial charge on any atom is 0.122 e. The Labute approximate surface area is 90.3 Å². The number of benzene rings is 1. The largest absolute Gasteiger partial charge is 0.496 e. The molecule has 0 radical (unpaired) electrons. The Balaban J connectivity index is 2.42. The van der Waals surface area contributed by atoms with Crippen molar-refractivity contribution in [3.8, 4) is 5.75 Å². The summed E-state index contributed by atoms with van der Waals surface area (Å²) in [6.07, 6.45) is 2.19. The zero-order valence-corrected chi connectivity index (χ0v) is 9.29. The van der Waals surface area contributed by atoms with Crippen molar-refractivity contribution >= 4 is 0 Å². The third-order valence-electron chi connectivity index (χ3n) is 3.65. The molecule has 1 aliphatic rings. The van der Waals surface area contributed by atoms with Crippen LogP contribution < -0.4 is 4.74 Å². The van der Waals surface area contributed by atoms with Crippen molar-refractivity contribution in [3.63, 3.8) is 0 Å². The highest BCUT2D eigenvalue weighted by atomic mass is 19.1. The summed E-state index contributed by atoms with van der Waals surface area (Å²) in [6.45, 7) is 1.66. The molecule has 0 heterocycles. The molecule has 1 unspecified atom stereocenters. The predicted octanol–water partition coefficient (Wildman–Crippen LogP) is 3.47. The van der Waals surface area contributed by atoms with Crippen LogP contribution in [0.1, 0.15) is 31.7 Å². The van der Waals surface area contributed by atoms with Gasteiger partial charge in [0.25, 0.3) is 0 Å². The summed E-state index contributed by atoms with van der Waals surface area (Å²) in [4.78, 5) is 0. The lowest BCUT2D eigenvalue weighted by Gasteiger charge is -2.44. The molecule has 2 rings (SSSR count). The molecule has 1 nitrogen and oxygen atoms in total. The summed E-state index contributed by atoms with van der Waals surface area (Å²) in [6, 6.07) is 7.80. The summed E-state index contributed by atoms with van der Waals surface area (Å²) in [5.74, 6) is 0.821. The molecule has 0 aromatic heterocycles. The van der Waals surface area contributed by atoms with E-state index in [4.69, 9.17) is 4.74 Å². The van der Waals surface area contributed by atoms with Gasteiger partial charge in [-0.05, 0) is 25.8 Å². The molecule has 1 aromatic rings. The first-order chi connectivity index (χ1) is 7.20. The Morgan fingerprint density at radius 3 is 2.47 bits per heavy atom. The first kappa shape index (κ1) is 10.5. The Morgan fingerprint density at radius 2 is 2.00 bits per heavy atom. The molecule has 82 valence electrons. The van der Waals surface area contributed by atoms with Crippen LogP contribution in [0.5, 0.6) is 5.75 Å². The van der Waals surface area contributed by atoms with Gasteiger partial charge in [0.2, 0.25) is 0 Å². The lowest BCUT2D eigenvalue weighted by atomic mass is 9.62. The number of para-hydroxylation sites is 1. The van der Waals surface area contributed by atoms with Crippen molar-refractivity contribution in [1.29, 1.82) is 0 Å². The van der Waals surface area contributed by atoms with Crippen LogP contribution in [0.2, 0.25) is 0 Å². The summed E-state index contributed by atoms with van der Waals surface area (Å²) in [7, 11) is 1.65. The number of alkyl halides is 1. The number of rotatable bonds is 3. The molecular weight excluding hydrogens is 191 g/mol. The minimum absolute atomic E-state index is 0.285. The second-order valence-electron chi connectivity index (χ2n) is 4.33. The van der Waals surface area contributed by atoms with E-state index >= 15 is 0 Å². The van der Waals surface area contributed by atoms with Gasteiger partial charge >= 0.3 is 0 Å². The molecule has 0 aliphatic heterocycles. The fourth-order valence-corrected chi connectivity index (χ4v) is 2.50. The summed E-state index contributed by atoms with van der Waals surface area (Å²) in [5.41, 5.74) is 0.751. The molecule has 0 spiro atoms. The molecule has 0 saturated heterocycles. The SMILES string of the molecule is COc1ccccc1C1(C(C)F)CCC1. The monoisotopic (exact) mass is 208 g/mol. The van der Waals surface area contributed by atoms with Crippen LogP contribution in [0.25, 0.3) is 0 Å². The average molecular weight is 208 g/mol. The molecule has 1 aromatic carbocycles. The van der Waals surface area contributed by atoms with E-state index in [9.17, 15) is 4.39 Å². The van der Waals surface area contributed by atoms with E-state index in [0.29, 0.717) is 0 Å². The fourth-order valence-electron chi connectivity index (χ4n) is 2.50. The highest BCUT2D eigenvalue weighted by Crippen LogP contribution is 2.50. The molecule has 1 fully saturated rings. The van der Waals surface area contributed by atoms with Crippen LogP contribution in [0.15, 0.2) is 24.3 Å². The van der Waals surface area contributed by atoms with Crippen molar-refractivity contribution in [2.75, 3.05) is 7.11 Å². The van der Waals surface area contributed by atoms with Crippen LogP contribution in [-0.4, -0.2) is 13.3 Å². The van der Waals surface area contributed by atoms with E-state index in [1.54, 1.807) is 14.0 Å². The van der Waals surface area contributed by atoms with E-state index in [1.807, 2.05) is 24.3 Å². The number of hydrogen-bond donors (Lipinski definition) is 0. The average Bonchev–Trinajstić information content (AvgIpc) is 2.16. The van der Waals surface area contributed by atoms with Crippen LogP contribution in [0.3, 0.4) is 0 Å². The molecule has 15 heavy (non-hydrogen) atoms. The molecule has 0 bridgehead atoms. The lowest BCUT2D eigenvalue weighted by Crippen LogP contribution is -2.42. The van der Waals surface area contributed by atoms with Gasteiger partial charge < -0.3 is 4.74 Å². The highest BCUT2D eigenvalue weighted by Gasteiger charge is 2.45. The van der Waals surface area contributed by atoms with Gasteiger partial charge in [0.05, 0.1) is 7.11 Å². The van der Waals surface area contributed by atoms with Gasteiger partial charge in [0.15, 0.2) is 0 Å². The van der Waals surface area contributed by atoms with Crippen molar-refractivity contribution in [3.05, 3.63) is 29.8 Å². The van der Waals surface area contributed by atoms with Crippen molar-refractivity contribution in [2.24, 2.45) is 0 Å². The Kier molecular flexibility index (Phi) is 2.68. The Bertz CT molecular complexity index is 342. The predicted molar refractivity (Wildman–Crippen MR) is 59.1 cm³/mol. The van der Waals surface area contributed by atoms with E-state index in [0.717, 1.165) is 30.6 Å². The Hall–Kier alpha value is -1.05. The molecule has 1 atom stereocenters. The highest BCUT2D eigenvalue weighted by molar-refractivity contribution is 5.42. The second-order valence-corrected chi connectivity index (χ2v) is 4.33. The van der Waals surface area contributed by atoms with Crippen LogP contribution in [0, 0.1) is 0 Å². The maximum absolute atomic E-state index is 13.7. The minimum atomic E-state index is -0.803. The fraction of sp³-hybridized carbons (Fsp3) is 0.538. The molecule has 0 N–H and O–H groups in total. The molecular formula is C13H17FO. The summed E-state index contributed by atoms with van der Waals surface area (Å²) >= 11 is 0. The smallest absolute Gasteiger partial charge is 0.122 e. The summed E-state index contributed by atoms with van der Waals surface area (Å²) < 4.78 is 19.1. The number of methoxy groups -OCH3 is 1. The molecule has 2 heteroatoms. The summed E-state index contributed by atoms with van der Waals surface area (Å²) in [5, 5.41) is 0. The van der Waals surface area contributed by atoms with Gasteiger partial charge in [-0.1, -0.05) is 24.6 Å². The van der Waals surface area contributed by atoms with Crippen LogP contribution in [-0.2, 0) is 5.41 Å². The van der Waals surface area contributed by atoms with Gasteiger partial charge in [-0.3, -0.25) is 0 Å². The molecule has 1 aliphatic carbocycles. The zero-order chi connectivity index (χ0) is 10.9. The molecule has 0 amide bonds. The second kappa shape index (κ2) is 3.84. The minimum Gasteiger partial charge on any atom is -0.496 e. The van der Waals surface area contributed by atoms with E-state index < -0.39 is 6.17 Å². The van der Waals surface area contributed by atoms with E-state index in [1.165, 1.54) is 0 Å². The van der Waals surface area contributed by atoms with Gasteiger partial charge in [-0.15, -0.1) is 0 Å². The molecule has 1 saturated carbocycles. The van der Waals surface area contributed by atoms with E-state index in [-0.39, 0.29) is 5.41 Å². The van der Waals surface area contributed by atoms with Gasteiger partial charge in [0.1, 0.15) is 11.9 Å². The lowest BCUT2D eigenvalue weighted by molar-refractivity contribution is 0.111. The third kappa shape index (κ3) is 1.52. The van der Waals surface area contributed by atoms with Crippen LogP contribution in [0.4, 0.5) is 4.39 Å². The van der Waals surface area contributed by atoms with E-state index in [2.05, 4.69) is 0 Å². The topological polar surface area (TPSA) is 9.23 Å². The number of ether oxygens (including phenoxy) is 1. The number of halogens is 1. The van der Waals surface area contributed by atoms with Gasteiger partial charge in [0, 0.05) is 11.0 Å². The third-order valence-corrected chi connectivity index (χ3v) is 3.65. The quantitative estimate of drug-likeness (QED) is 0.739. The standard InChI is InChI=1S/C13H17FO/c1-10(14)13(8-5-9-13)11-6-3-4-7-12(11)15-2/h3-4,6-7,10H,5,8-9H2,1-2H3. The zero-order valence-electron chi connectivity index (χ0n) is 9.29.